The van der Waals surface area contributed by atoms with Gasteiger partial charge in [-0.3, -0.25) is 14.6 Å². The first-order valence-corrected chi connectivity index (χ1v) is 7.50. The summed E-state index contributed by atoms with van der Waals surface area (Å²) in [6, 6.07) is 3.66. The summed E-state index contributed by atoms with van der Waals surface area (Å²) in [7, 11) is 1.37. The maximum atomic E-state index is 12.7. The molecule has 5 nitrogen and oxygen atoms in total. The van der Waals surface area contributed by atoms with Gasteiger partial charge in [0.2, 0.25) is 0 Å². The predicted octanol–water partition coefficient (Wildman–Crippen LogP) is 2.42. The van der Waals surface area contributed by atoms with Gasteiger partial charge >= 0.3 is 5.97 Å². The van der Waals surface area contributed by atoms with Crippen molar-refractivity contribution in [3.05, 3.63) is 30.1 Å². The number of rotatable bonds is 5. The molecule has 0 atom stereocenters. The number of nitrogens with zero attached hydrogens (tertiary/aromatic N) is 2. The molecule has 0 unspecified atom stereocenters. The molecule has 1 amide bonds. The van der Waals surface area contributed by atoms with Gasteiger partial charge in [0.25, 0.3) is 5.91 Å². The second kappa shape index (κ2) is 7.76. The molecular formula is C16H22N2O3. The highest BCUT2D eigenvalue weighted by Gasteiger charge is 2.26. The van der Waals surface area contributed by atoms with E-state index >= 15 is 0 Å². The number of esters is 1. The van der Waals surface area contributed by atoms with Crippen molar-refractivity contribution in [2.24, 2.45) is 0 Å². The fraction of sp³-hybridized carbons (Fsp3) is 0.562. The van der Waals surface area contributed by atoms with Crippen molar-refractivity contribution in [1.29, 1.82) is 0 Å². The molecule has 0 radical (unpaired) electrons. The summed E-state index contributed by atoms with van der Waals surface area (Å²) >= 11 is 0. The Hall–Kier alpha value is -1.91. The van der Waals surface area contributed by atoms with Crippen LogP contribution in [0.15, 0.2) is 24.5 Å². The number of carbonyl (C=O) groups excluding carboxylic acids is 2. The molecule has 0 bridgehead atoms. The number of methoxy groups -OCH3 is 1. The smallest absolute Gasteiger partial charge is 0.307 e. The number of hydrogen-bond acceptors (Lipinski definition) is 4. The second-order valence-corrected chi connectivity index (χ2v) is 5.35. The van der Waals surface area contributed by atoms with Crippen LogP contribution in [0.3, 0.4) is 0 Å². The summed E-state index contributed by atoms with van der Waals surface area (Å²) in [6.45, 7) is 0.415. The summed E-state index contributed by atoms with van der Waals surface area (Å²) in [5, 5.41) is 0. The fourth-order valence-corrected chi connectivity index (χ4v) is 2.82. The third-order valence-electron chi connectivity index (χ3n) is 3.99. The highest BCUT2D eigenvalue weighted by Crippen LogP contribution is 2.24. The number of aromatic nitrogens is 1. The van der Waals surface area contributed by atoms with Gasteiger partial charge in [-0.25, -0.2) is 0 Å². The number of carbonyl (C=O) groups is 2. The van der Waals surface area contributed by atoms with Gasteiger partial charge in [0.1, 0.15) is 0 Å². The standard InChI is InChI=1S/C16H22N2O3/c1-21-15(19)9-12-18(14-5-3-2-4-6-14)16(20)13-7-10-17-11-8-13/h7-8,10-11,14H,2-6,9,12H2,1H3. The molecule has 1 aromatic heterocycles. The van der Waals surface area contributed by atoms with Gasteiger partial charge in [-0.2, -0.15) is 0 Å². The molecule has 0 aliphatic heterocycles. The van der Waals surface area contributed by atoms with Gasteiger partial charge in [0.05, 0.1) is 13.5 Å². The first-order valence-electron chi connectivity index (χ1n) is 7.50. The number of hydrogen-bond donors (Lipinski definition) is 0. The molecule has 0 spiro atoms. The summed E-state index contributed by atoms with van der Waals surface area (Å²) in [4.78, 5) is 29.9. The lowest BCUT2D eigenvalue weighted by Crippen LogP contribution is -2.42. The third-order valence-corrected chi connectivity index (χ3v) is 3.99. The van der Waals surface area contributed by atoms with Crippen LogP contribution >= 0.6 is 0 Å². The zero-order valence-corrected chi connectivity index (χ0v) is 12.5. The largest absolute Gasteiger partial charge is 0.469 e. The van der Waals surface area contributed by atoms with Gasteiger partial charge in [-0.1, -0.05) is 19.3 Å². The van der Waals surface area contributed by atoms with Crippen LogP contribution in [0.1, 0.15) is 48.9 Å². The Bertz CT molecular complexity index is 470. The first kappa shape index (κ1) is 15.5. The SMILES string of the molecule is COC(=O)CCN(C(=O)c1ccncc1)C1CCCCC1. The predicted molar refractivity (Wildman–Crippen MR) is 78.8 cm³/mol. The van der Waals surface area contributed by atoms with E-state index < -0.39 is 0 Å². The minimum Gasteiger partial charge on any atom is -0.469 e. The zero-order chi connectivity index (χ0) is 15.1. The average molecular weight is 290 g/mol. The van der Waals surface area contributed by atoms with E-state index in [4.69, 9.17) is 0 Å². The van der Waals surface area contributed by atoms with Crippen LogP contribution in [0.2, 0.25) is 0 Å². The zero-order valence-electron chi connectivity index (χ0n) is 12.5. The topological polar surface area (TPSA) is 59.5 Å². The highest BCUT2D eigenvalue weighted by molar-refractivity contribution is 5.94. The van der Waals surface area contributed by atoms with Crippen molar-refractivity contribution in [3.8, 4) is 0 Å². The van der Waals surface area contributed by atoms with E-state index in [1.807, 2.05) is 4.90 Å². The molecule has 2 rings (SSSR count). The monoisotopic (exact) mass is 290 g/mol. The molecule has 0 aromatic carbocycles. The maximum Gasteiger partial charge on any atom is 0.307 e. The Morgan fingerprint density at radius 1 is 1.24 bits per heavy atom. The van der Waals surface area contributed by atoms with Crippen molar-refractivity contribution >= 4 is 11.9 Å². The molecule has 1 aromatic rings. The van der Waals surface area contributed by atoms with Crippen molar-refractivity contribution < 1.29 is 14.3 Å². The average Bonchev–Trinajstić information content (AvgIpc) is 2.56. The van der Waals surface area contributed by atoms with Crippen molar-refractivity contribution in [2.75, 3.05) is 13.7 Å². The minimum absolute atomic E-state index is 0.0202. The molecule has 1 saturated carbocycles. The van der Waals surface area contributed by atoms with E-state index in [0.717, 1.165) is 25.7 Å². The molecule has 1 aliphatic carbocycles. The van der Waals surface area contributed by atoms with Gasteiger partial charge in [0, 0.05) is 30.5 Å². The van der Waals surface area contributed by atoms with E-state index in [1.165, 1.54) is 13.5 Å². The van der Waals surface area contributed by atoms with E-state index in [-0.39, 0.29) is 24.3 Å². The molecule has 0 saturated heterocycles. The normalized spacial score (nSPS) is 15.5. The second-order valence-electron chi connectivity index (χ2n) is 5.35. The molecular weight excluding hydrogens is 268 g/mol. The van der Waals surface area contributed by atoms with Crippen LogP contribution in [-0.4, -0.2) is 41.5 Å². The summed E-state index contributed by atoms with van der Waals surface area (Å²) in [5.41, 5.74) is 0.625. The Morgan fingerprint density at radius 2 is 1.90 bits per heavy atom. The van der Waals surface area contributed by atoms with Crippen molar-refractivity contribution in [1.82, 2.24) is 9.88 Å². The molecule has 5 heteroatoms. The number of pyridine rings is 1. The van der Waals surface area contributed by atoms with Crippen molar-refractivity contribution in [2.45, 2.75) is 44.6 Å². The summed E-state index contributed by atoms with van der Waals surface area (Å²) < 4.78 is 4.69. The molecule has 1 aliphatic rings. The van der Waals surface area contributed by atoms with Crippen LogP contribution in [-0.2, 0) is 9.53 Å². The first-order chi connectivity index (χ1) is 10.2. The lowest BCUT2D eigenvalue weighted by molar-refractivity contribution is -0.140. The summed E-state index contributed by atoms with van der Waals surface area (Å²) in [6.07, 6.45) is 9.01. The van der Waals surface area contributed by atoms with Crippen LogP contribution in [0.25, 0.3) is 0 Å². The highest BCUT2D eigenvalue weighted by atomic mass is 16.5. The number of amides is 1. The minimum atomic E-state index is -0.279. The van der Waals surface area contributed by atoms with E-state index in [2.05, 4.69) is 9.72 Å². The number of ether oxygens (including phenoxy) is 1. The quantitative estimate of drug-likeness (QED) is 0.781. The van der Waals surface area contributed by atoms with E-state index in [9.17, 15) is 9.59 Å². The Morgan fingerprint density at radius 3 is 2.52 bits per heavy atom. The maximum absolute atomic E-state index is 12.7. The van der Waals surface area contributed by atoms with Crippen LogP contribution in [0, 0.1) is 0 Å². The summed E-state index contributed by atoms with van der Waals surface area (Å²) in [5.74, 6) is -0.299. The Kier molecular flexibility index (Phi) is 5.72. The van der Waals surface area contributed by atoms with Gasteiger partial charge in [-0.05, 0) is 25.0 Å². The van der Waals surface area contributed by atoms with E-state index in [0.29, 0.717) is 12.1 Å². The Labute approximate surface area is 125 Å². The fourth-order valence-electron chi connectivity index (χ4n) is 2.82. The molecule has 1 fully saturated rings. The van der Waals surface area contributed by atoms with Gasteiger partial charge in [-0.15, -0.1) is 0 Å². The van der Waals surface area contributed by atoms with Gasteiger partial charge < -0.3 is 9.64 Å². The molecule has 114 valence electrons. The van der Waals surface area contributed by atoms with Crippen molar-refractivity contribution in [3.63, 3.8) is 0 Å². The van der Waals surface area contributed by atoms with Gasteiger partial charge in [0.15, 0.2) is 0 Å². The van der Waals surface area contributed by atoms with E-state index in [1.54, 1.807) is 24.5 Å². The van der Waals surface area contributed by atoms with Crippen LogP contribution < -0.4 is 0 Å². The van der Waals surface area contributed by atoms with Crippen LogP contribution in [0.4, 0.5) is 0 Å². The third kappa shape index (κ3) is 4.28. The molecule has 0 N–H and O–H groups in total. The lowest BCUT2D eigenvalue weighted by Gasteiger charge is -2.34. The van der Waals surface area contributed by atoms with Crippen LogP contribution in [0.5, 0.6) is 0 Å². The Balaban J connectivity index is 2.10. The molecule has 1 heterocycles. The molecule has 21 heavy (non-hydrogen) atoms. The lowest BCUT2D eigenvalue weighted by atomic mass is 9.93.